The number of benzene rings is 1. The van der Waals surface area contributed by atoms with Crippen LogP contribution in [-0.4, -0.2) is 20.8 Å². The quantitative estimate of drug-likeness (QED) is 0.609. The van der Waals surface area contributed by atoms with Crippen molar-refractivity contribution in [1.82, 2.24) is 0 Å². The van der Waals surface area contributed by atoms with E-state index in [1.165, 1.54) is 0 Å². The maximum atomic E-state index is 12.7. The third-order valence-electron chi connectivity index (χ3n) is 1.64. The number of ether oxygens (including phenoxy) is 1. The summed E-state index contributed by atoms with van der Waals surface area (Å²) in [7, 11) is 1.41. The first kappa shape index (κ1) is 13.2. The molecular formula is C9H9ClF2O3S. The molecule has 1 rings (SSSR count). The van der Waals surface area contributed by atoms with E-state index in [-0.39, 0.29) is 24.5 Å². The van der Waals surface area contributed by atoms with Crippen LogP contribution in [0, 0.1) is 11.6 Å². The Bertz CT molecular complexity index is 442. The van der Waals surface area contributed by atoms with E-state index in [0.717, 1.165) is 18.2 Å². The topological polar surface area (TPSA) is 43.4 Å². The van der Waals surface area contributed by atoms with Crippen LogP contribution >= 0.6 is 10.7 Å². The molecule has 0 unspecified atom stereocenters. The van der Waals surface area contributed by atoms with Crippen LogP contribution in [0.15, 0.2) is 18.2 Å². The zero-order chi connectivity index (χ0) is 12.2. The van der Waals surface area contributed by atoms with Crippen molar-refractivity contribution in [2.24, 2.45) is 0 Å². The molecule has 0 aliphatic rings. The van der Waals surface area contributed by atoms with Crippen LogP contribution in [0.3, 0.4) is 0 Å². The lowest BCUT2D eigenvalue weighted by molar-refractivity contribution is 0.314. The summed E-state index contributed by atoms with van der Waals surface area (Å²) in [5.74, 6) is -1.73. The van der Waals surface area contributed by atoms with Gasteiger partial charge >= 0.3 is 0 Å². The predicted octanol–water partition coefficient (Wildman–Crippen LogP) is 2.30. The minimum absolute atomic E-state index is 0.0180. The zero-order valence-corrected chi connectivity index (χ0v) is 9.69. The summed E-state index contributed by atoms with van der Waals surface area (Å²) in [5.41, 5.74) is 0. The highest BCUT2D eigenvalue weighted by Crippen LogP contribution is 2.15. The van der Waals surface area contributed by atoms with Gasteiger partial charge < -0.3 is 4.74 Å². The van der Waals surface area contributed by atoms with Crippen LogP contribution in [0.4, 0.5) is 8.78 Å². The van der Waals surface area contributed by atoms with Gasteiger partial charge in [0.1, 0.15) is 17.4 Å². The van der Waals surface area contributed by atoms with Gasteiger partial charge in [-0.2, -0.15) is 0 Å². The number of hydrogen-bond acceptors (Lipinski definition) is 3. The van der Waals surface area contributed by atoms with Crippen molar-refractivity contribution < 1.29 is 21.9 Å². The molecule has 16 heavy (non-hydrogen) atoms. The zero-order valence-electron chi connectivity index (χ0n) is 8.12. The molecule has 0 N–H and O–H groups in total. The highest BCUT2D eigenvalue weighted by molar-refractivity contribution is 8.13. The van der Waals surface area contributed by atoms with Gasteiger partial charge in [0.15, 0.2) is 0 Å². The fraction of sp³-hybridized carbons (Fsp3) is 0.333. The van der Waals surface area contributed by atoms with Crippen molar-refractivity contribution in [2.75, 3.05) is 12.4 Å². The number of halogens is 3. The summed E-state index contributed by atoms with van der Waals surface area (Å²) in [5, 5.41) is 0. The molecule has 0 atom stereocenters. The number of rotatable bonds is 5. The molecule has 3 nitrogen and oxygen atoms in total. The second-order valence-corrected chi connectivity index (χ2v) is 5.95. The lowest BCUT2D eigenvalue weighted by Gasteiger charge is -2.05. The molecule has 0 fully saturated rings. The van der Waals surface area contributed by atoms with Crippen molar-refractivity contribution in [3.05, 3.63) is 29.8 Å². The van der Waals surface area contributed by atoms with Crippen LogP contribution in [-0.2, 0) is 9.05 Å². The molecule has 0 radical (unpaired) electrons. The molecule has 1 aromatic rings. The lowest BCUT2D eigenvalue weighted by atomic mass is 10.3. The summed E-state index contributed by atoms with van der Waals surface area (Å²) >= 11 is 0. The second kappa shape index (κ2) is 5.45. The van der Waals surface area contributed by atoms with E-state index < -0.39 is 20.7 Å². The third kappa shape index (κ3) is 5.27. The van der Waals surface area contributed by atoms with Gasteiger partial charge in [0.25, 0.3) is 0 Å². The third-order valence-corrected chi connectivity index (χ3v) is 2.88. The summed E-state index contributed by atoms with van der Waals surface area (Å²) in [6.07, 6.45) is 0.157. The van der Waals surface area contributed by atoms with E-state index in [1.54, 1.807) is 0 Å². The van der Waals surface area contributed by atoms with E-state index in [1.807, 2.05) is 0 Å². The van der Waals surface area contributed by atoms with Gasteiger partial charge in [-0.05, 0) is 6.42 Å². The molecule has 0 aliphatic carbocycles. The van der Waals surface area contributed by atoms with E-state index in [4.69, 9.17) is 15.4 Å². The summed E-state index contributed by atoms with van der Waals surface area (Å²) in [6.45, 7) is 0.0227. The Kier molecular flexibility index (Phi) is 4.49. The largest absolute Gasteiger partial charge is 0.493 e. The van der Waals surface area contributed by atoms with Gasteiger partial charge in [-0.1, -0.05) is 0 Å². The molecule has 0 saturated carbocycles. The molecule has 1 aromatic carbocycles. The molecule has 0 amide bonds. The fourth-order valence-electron chi connectivity index (χ4n) is 1.03. The van der Waals surface area contributed by atoms with Crippen LogP contribution in [0.25, 0.3) is 0 Å². The highest BCUT2D eigenvalue weighted by atomic mass is 35.7. The average molecular weight is 271 g/mol. The molecule has 0 bridgehead atoms. The molecular weight excluding hydrogens is 262 g/mol. The normalized spacial score (nSPS) is 11.4. The monoisotopic (exact) mass is 270 g/mol. The maximum absolute atomic E-state index is 12.7. The van der Waals surface area contributed by atoms with E-state index in [2.05, 4.69) is 0 Å². The molecule has 0 saturated heterocycles. The molecule has 90 valence electrons. The maximum Gasteiger partial charge on any atom is 0.232 e. The van der Waals surface area contributed by atoms with E-state index >= 15 is 0 Å². The van der Waals surface area contributed by atoms with E-state index in [0.29, 0.717) is 0 Å². The highest BCUT2D eigenvalue weighted by Gasteiger charge is 2.05. The van der Waals surface area contributed by atoms with Gasteiger partial charge in [0.2, 0.25) is 9.05 Å². The smallest absolute Gasteiger partial charge is 0.232 e. The second-order valence-electron chi connectivity index (χ2n) is 3.05. The van der Waals surface area contributed by atoms with Crippen molar-refractivity contribution in [3.8, 4) is 5.75 Å². The Morgan fingerprint density at radius 3 is 2.25 bits per heavy atom. The lowest BCUT2D eigenvalue weighted by Crippen LogP contribution is -2.05. The van der Waals surface area contributed by atoms with Crippen molar-refractivity contribution in [2.45, 2.75) is 6.42 Å². The molecule has 0 aliphatic heterocycles. The minimum atomic E-state index is -3.55. The minimum Gasteiger partial charge on any atom is -0.493 e. The van der Waals surface area contributed by atoms with Gasteiger partial charge in [-0.15, -0.1) is 0 Å². The molecule has 0 spiro atoms. The molecule has 7 heteroatoms. The van der Waals surface area contributed by atoms with E-state index in [9.17, 15) is 17.2 Å². The standard InChI is InChI=1S/C9H9ClF2O3S/c10-16(13,14)3-1-2-15-9-5-7(11)4-8(12)6-9/h4-6H,1-3H2. The van der Waals surface area contributed by atoms with Crippen molar-refractivity contribution in [3.63, 3.8) is 0 Å². The van der Waals surface area contributed by atoms with Gasteiger partial charge in [-0.25, -0.2) is 17.2 Å². The first-order valence-corrected chi connectivity index (χ1v) is 6.86. The Hall–Kier alpha value is -0.880. The Morgan fingerprint density at radius 1 is 1.19 bits per heavy atom. The Labute approximate surface area is 96.4 Å². The summed E-state index contributed by atoms with van der Waals surface area (Å²) in [6, 6.07) is 2.74. The first-order valence-electron chi connectivity index (χ1n) is 4.38. The number of hydrogen-bond donors (Lipinski definition) is 0. The molecule has 0 heterocycles. The van der Waals surface area contributed by atoms with Crippen molar-refractivity contribution in [1.29, 1.82) is 0 Å². The van der Waals surface area contributed by atoms with Crippen LogP contribution in [0.1, 0.15) is 6.42 Å². The average Bonchev–Trinajstić information content (AvgIpc) is 2.09. The SMILES string of the molecule is O=S(=O)(Cl)CCCOc1cc(F)cc(F)c1. The fourth-order valence-corrected chi connectivity index (χ4v) is 1.82. The van der Waals surface area contributed by atoms with Gasteiger partial charge in [0.05, 0.1) is 12.4 Å². The Balaban J connectivity index is 2.43. The van der Waals surface area contributed by atoms with Crippen LogP contribution in [0.5, 0.6) is 5.75 Å². The summed E-state index contributed by atoms with van der Waals surface area (Å²) in [4.78, 5) is 0. The predicted molar refractivity (Wildman–Crippen MR) is 56.1 cm³/mol. The van der Waals surface area contributed by atoms with Crippen molar-refractivity contribution >= 4 is 19.7 Å². The van der Waals surface area contributed by atoms with Gasteiger partial charge in [0, 0.05) is 28.9 Å². The van der Waals surface area contributed by atoms with Gasteiger partial charge in [-0.3, -0.25) is 0 Å². The Morgan fingerprint density at radius 2 is 1.75 bits per heavy atom. The van der Waals surface area contributed by atoms with Crippen LogP contribution < -0.4 is 4.74 Å². The summed E-state index contributed by atoms with van der Waals surface area (Å²) < 4.78 is 51.4. The first-order chi connectivity index (χ1) is 7.37. The molecule has 0 aromatic heterocycles. The van der Waals surface area contributed by atoms with Crippen LogP contribution in [0.2, 0.25) is 0 Å².